The van der Waals surface area contributed by atoms with Crippen molar-refractivity contribution in [2.75, 3.05) is 60.5 Å². The van der Waals surface area contributed by atoms with E-state index in [1.165, 1.54) is 5.56 Å². The molecule has 1 N–H and O–H groups in total. The van der Waals surface area contributed by atoms with E-state index in [0.29, 0.717) is 6.61 Å². The monoisotopic (exact) mass is 400 g/mol. The van der Waals surface area contributed by atoms with Crippen molar-refractivity contribution in [1.29, 1.82) is 0 Å². The molecule has 1 aromatic carbocycles. The van der Waals surface area contributed by atoms with Gasteiger partial charge in [-0.25, -0.2) is 0 Å². The lowest BCUT2D eigenvalue weighted by Crippen LogP contribution is -2.52. The van der Waals surface area contributed by atoms with Crippen LogP contribution in [0.1, 0.15) is 11.3 Å². The topological polar surface area (TPSA) is 69.4 Å². The van der Waals surface area contributed by atoms with Gasteiger partial charge in [-0.1, -0.05) is 17.3 Å². The van der Waals surface area contributed by atoms with Gasteiger partial charge in [0.05, 0.1) is 5.69 Å². The van der Waals surface area contributed by atoms with E-state index in [0.717, 1.165) is 63.2 Å². The highest BCUT2D eigenvalue weighted by Gasteiger charge is 2.20. The maximum Gasteiger partial charge on any atom is 0.194 e. The summed E-state index contributed by atoms with van der Waals surface area (Å²) in [5.74, 6) is 1.84. The van der Waals surface area contributed by atoms with Crippen LogP contribution in [0, 0.1) is 0 Å². The Labute approximate surface area is 173 Å². The fourth-order valence-electron chi connectivity index (χ4n) is 3.27. The van der Waals surface area contributed by atoms with Crippen LogP contribution in [-0.4, -0.2) is 86.3 Å². The third-order valence-corrected chi connectivity index (χ3v) is 4.92. The Balaban J connectivity index is 1.45. The van der Waals surface area contributed by atoms with Crippen LogP contribution in [0.4, 0.5) is 0 Å². The normalized spacial score (nSPS) is 15.7. The number of likely N-dealkylation sites (N-methyl/N-ethyl adjacent to an activating group) is 1. The number of benzene rings is 1. The molecule has 3 rings (SSSR count). The molecule has 2 heterocycles. The maximum atomic E-state index is 5.83. The van der Waals surface area contributed by atoms with E-state index in [9.17, 15) is 0 Å². The standard InChI is InChI=1S/C21H32N6O2/c1-22-21(27-10-8-26(9-11-27)17-19-7-13-29-24-19)23-16-18-5-4-6-20(15-18)28-14-12-25(2)3/h4-7,13,15H,8-12,14,16-17H2,1-3H3,(H,22,23). The number of rotatable bonds is 8. The molecule has 1 fully saturated rings. The first-order valence-electron chi connectivity index (χ1n) is 10.1. The smallest absolute Gasteiger partial charge is 0.194 e. The van der Waals surface area contributed by atoms with Crippen molar-refractivity contribution in [3.8, 4) is 5.75 Å². The van der Waals surface area contributed by atoms with Crippen LogP contribution in [0.25, 0.3) is 0 Å². The Bertz CT molecular complexity index is 754. The predicted octanol–water partition coefficient (Wildman–Crippen LogP) is 1.51. The lowest BCUT2D eigenvalue weighted by atomic mass is 10.2. The molecule has 0 amide bonds. The zero-order valence-corrected chi connectivity index (χ0v) is 17.7. The summed E-state index contributed by atoms with van der Waals surface area (Å²) in [6, 6.07) is 10.2. The van der Waals surface area contributed by atoms with Gasteiger partial charge in [-0.3, -0.25) is 9.89 Å². The second kappa shape index (κ2) is 10.8. The molecule has 158 valence electrons. The molecular formula is C21H32N6O2. The van der Waals surface area contributed by atoms with E-state index >= 15 is 0 Å². The summed E-state index contributed by atoms with van der Waals surface area (Å²) >= 11 is 0. The number of guanidine groups is 1. The van der Waals surface area contributed by atoms with Crippen molar-refractivity contribution in [2.45, 2.75) is 13.1 Å². The van der Waals surface area contributed by atoms with Gasteiger partial charge < -0.3 is 24.4 Å². The van der Waals surface area contributed by atoms with Crippen molar-refractivity contribution < 1.29 is 9.26 Å². The fourth-order valence-corrected chi connectivity index (χ4v) is 3.27. The van der Waals surface area contributed by atoms with Gasteiger partial charge in [0.15, 0.2) is 5.96 Å². The summed E-state index contributed by atoms with van der Waals surface area (Å²) in [4.78, 5) is 11.3. The van der Waals surface area contributed by atoms with Crippen molar-refractivity contribution in [3.05, 3.63) is 47.9 Å². The van der Waals surface area contributed by atoms with Gasteiger partial charge in [-0.15, -0.1) is 0 Å². The number of hydrogen-bond donors (Lipinski definition) is 1. The molecule has 0 radical (unpaired) electrons. The molecule has 0 atom stereocenters. The van der Waals surface area contributed by atoms with Crippen LogP contribution < -0.4 is 10.1 Å². The third kappa shape index (κ3) is 6.76. The van der Waals surface area contributed by atoms with E-state index in [2.05, 4.69) is 42.3 Å². The Kier molecular flexibility index (Phi) is 7.89. The van der Waals surface area contributed by atoms with Crippen LogP contribution in [-0.2, 0) is 13.1 Å². The summed E-state index contributed by atoms with van der Waals surface area (Å²) in [6.45, 7) is 6.96. The lowest BCUT2D eigenvalue weighted by molar-refractivity contribution is 0.169. The van der Waals surface area contributed by atoms with E-state index in [1.807, 2.05) is 39.3 Å². The minimum absolute atomic E-state index is 0.685. The van der Waals surface area contributed by atoms with Crippen molar-refractivity contribution in [2.24, 2.45) is 4.99 Å². The van der Waals surface area contributed by atoms with Gasteiger partial charge >= 0.3 is 0 Å². The van der Waals surface area contributed by atoms with E-state index in [4.69, 9.17) is 9.26 Å². The number of nitrogens with one attached hydrogen (secondary N) is 1. The van der Waals surface area contributed by atoms with Gasteiger partial charge in [0.2, 0.25) is 0 Å². The van der Waals surface area contributed by atoms with Crippen molar-refractivity contribution in [1.82, 2.24) is 25.2 Å². The third-order valence-electron chi connectivity index (χ3n) is 4.92. The fraction of sp³-hybridized carbons (Fsp3) is 0.524. The zero-order chi connectivity index (χ0) is 20.5. The summed E-state index contributed by atoms with van der Waals surface area (Å²) in [5.41, 5.74) is 2.16. The summed E-state index contributed by atoms with van der Waals surface area (Å²) < 4.78 is 10.8. The Morgan fingerprint density at radius 2 is 2.07 bits per heavy atom. The van der Waals surface area contributed by atoms with Crippen LogP contribution in [0.15, 0.2) is 46.1 Å². The molecule has 0 saturated carbocycles. The van der Waals surface area contributed by atoms with E-state index in [1.54, 1.807) is 6.26 Å². The molecule has 1 aromatic heterocycles. The Morgan fingerprint density at radius 1 is 1.24 bits per heavy atom. The highest BCUT2D eigenvalue weighted by molar-refractivity contribution is 5.80. The highest BCUT2D eigenvalue weighted by Crippen LogP contribution is 2.13. The minimum Gasteiger partial charge on any atom is -0.492 e. The molecule has 29 heavy (non-hydrogen) atoms. The number of hydrogen-bond acceptors (Lipinski definition) is 6. The van der Waals surface area contributed by atoms with Gasteiger partial charge in [0, 0.05) is 58.9 Å². The number of aliphatic imine (C=N–C) groups is 1. The van der Waals surface area contributed by atoms with Gasteiger partial charge in [0.1, 0.15) is 18.6 Å². The first kappa shape index (κ1) is 21.1. The van der Waals surface area contributed by atoms with Crippen LogP contribution >= 0.6 is 0 Å². The molecule has 1 saturated heterocycles. The number of nitrogens with zero attached hydrogens (tertiary/aromatic N) is 5. The first-order valence-corrected chi connectivity index (χ1v) is 10.1. The summed E-state index contributed by atoms with van der Waals surface area (Å²) in [6.07, 6.45) is 1.62. The molecule has 2 aromatic rings. The maximum absolute atomic E-state index is 5.83. The molecule has 0 spiro atoms. The number of aromatic nitrogens is 1. The average Bonchev–Trinajstić information content (AvgIpc) is 3.23. The van der Waals surface area contributed by atoms with E-state index in [-0.39, 0.29) is 0 Å². The van der Waals surface area contributed by atoms with Gasteiger partial charge in [-0.05, 0) is 31.8 Å². The Morgan fingerprint density at radius 3 is 2.76 bits per heavy atom. The van der Waals surface area contributed by atoms with E-state index < -0.39 is 0 Å². The van der Waals surface area contributed by atoms with Crippen LogP contribution in [0.2, 0.25) is 0 Å². The molecule has 8 heteroatoms. The molecule has 1 aliphatic rings. The predicted molar refractivity (Wildman–Crippen MR) is 114 cm³/mol. The minimum atomic E-state index is 0.685. The van der Waals surface area contributed by atoms with Crippen molar-refractivity contribution in [3.63, 3.8) is 0 Å². The summed E-state index contributed by atoms with van der Waals surface area (Å²) in [7, 11) is 5.93. The zero-order valence-electron chi connectivity index (χ0n) is 17.7. The molecular weight excluding hydrogens is 368 g/mol. The van der Waals surface area contributed by atoms with Crippen LogP contribution in [0.5, 0.6) is 5.75 Å². The number of ether oxygens (including phenoxy) is 1. The summed E-state index contributed by atoms with van der Waals surface area (Å²) in [5, 5.41) is 7.48. The second-order valence-electron chi connectivity index (χ2n) is 7.45. The second-order valence-corrected chi connectivity index (χ2v) is 7.45. The lowest BCUT2D eigenvalue weighted by Gasteiger charge is -2.36. The average molecular weight is 401 g/mol. The SMILES string of the molecule is CN=C(NCc1cccc(OCCN(C)C)c1)N1CCN(Cc2ccon2)CC1. The molecule has 0 aliphatic carbocycles. The molecule has 1 aliphatic heterocycles. The first-order chi connectivity index (χ1) is 14.1. The molecule has 0 bridgehead atoms. The highest BCUT2D eigenvalue weighted by atomic mass is 16.5. The Hall–Kier alpha value is -2.58. The molecule has 0 unspecified atom stereocenters. The van der Waals surface area contributed by atoms with Crippen molar-refractivity contribution >= 4 is 5.96 Å². The largest absolute Gasteiger partial charge is 0.492 e. The number of piperazine rings is 1. The molecule has 8 nitrogen and oxygen atoms in total. The van der Waals surface area contributed by atoms with Crippen LogP contribution in [0.3, 0.4) is 0 Å². The van der Waals surface area contributed by atoms with Gasteiger partial charge in [0.25, 0.3) is 0 Å². The van der Waals surface area contributed by atoms with Gasteiger partial charge in [-0.2, -0.15) is 0 Å². The quantitative estimate of drug-likeness (QED) is 0.532.